The Balaban J connectivity index is -0.000000202. The van der Waals surface area contributed by atoms with E-state index in [0.29, 0.717) is 6.42 Å². The van der Waals surface area contributed by atoms with Gasteiger partial charge in [-0.15, -0.1) is 13.0 Å². The second kappa shape index (κ2) is 24.0. The van der Waals surface area contributed by atoms with E-state index < -0.39 is 0 Å². The number of nitrogens with zero attached hydrogens (tertiary/aromatic N) is 1. The fourth-order valence-corrected chi connectivity index (χ4v) is 0.744. The number of aliphatic hydroxyl groups is 1. The van der Waals surface area contributed by atoms with Crippen LogP contribution in [0, 0.1) is 0 Å². The van der Waals surface area contributed by atoms with Crippen LogP contribution in [0.4, 0.5) is 0 Å². The third-order valence-corrected chi connectivity index (χ3v) is 1.54. The van der Waals surface area contributed by atoms with Crippen LogP contribution in [-0.2, 0) is 23.0 Å². The van der Waals surface area contributed by atoms with Crippen LogP contribution in [-0.4, -0.2) is 49.1 Å². The van der Waals surface area contributed by atoms with Gasteiger partial charge in [-0.1, -0.05) is 13.8 Å². The predicted molar refractivity (Wildman–Crippen MR) is 60.2 cm³/mol. The van der Waals surface area contributed by atoms with E-state index in [-0.39, 0.29) is 13.2 Å². The van der Waals surface area contributed by atoms with E-state index in [1.165, 1.54) is 0 Å². The first-order chi connectivity index (χ1) is 7.26. The van der Waals surface area contributed by atoms with Gasteiger partial charge in [-0.3, -0.25) is 6.29 Å². The van der Waals surface area contributed by atoms with E-state index in [2.05, 4.69) is 46.5 Å². The molecule has 0 radical (unpaired) electrons. The van der Waals surface area contributed by atoms with E-state index in [4.69, 9.17) is 10.8 Å². The van der Waals surface area contributed by atoms with Crippen molar-refractivity contribution in [3.63, 3.8) is 0 Å². The van der Waals surface area contributed by atoms with Gasteiger partial charge >= 0.3 is 27.7 Å². The van der Waals surface area contributed by atoms with Crippen LogP contribution < -0.4 is 0 Å². The molecular weight excluding hydrogens is 310 g/mol. The predicted octanol–water partition coefficient (Wildman–Crippen LogP) is 1.55. The number of halogens is 1. The molecule has 0 bridgehead atoms. The summed E-state index contributed by atoms with van der Waals surface area (Å²) >= 11 is 2.22. The summed E-state index contributed by atoms with van der Waals surface area (Å²) in [5.74, 6) is 0. The molecule has 0 atom stereocenters. The zero-order chi connectivity index (χ0) is 12.5. The van der Waals surface area contributed by atoms with Crippen LogP contribution in [0.5, 0.6) is 0 Å². The Morgan fingerprint density at radius 1 is 1.40 bits per heavy atom. The second-order valence-corrected chi connectivity index (χ2v) is 2.39. The number of carbonyl (C=O) groups excluding carboxylic acids is 1. The van der Waals surface area contributed by atoms with Crippen molar-refractivity contribution in [3.8, 4) is 0 Å². The third kappa shape index (κ3) is 25.1. The molecule has 0 unspecified atom stereocenters. The van der Waals surface area contributed by atoms with Gasteiger partial charge in [0, 0.05) is 6.61 Å². The van der Waals surface area contributed by atoms with Crippen LogP contribution in [0.3, 0.4) is 0 Å². The van der Waals surface area contributed by atoms with Crippen molar-refractivity contribution in [2.24, 2.45) is 0 Å². The molecule has 15 heavy (non-hydrogen) atoms. The Morgan fingerprint density at radius 2 is 1.80 bits per heavy atom. The van der Waals surface area contributed by atoms with E-state index in [0.717, 1.165) is 19.6 Å². The Kier molecular flexibility index (Phi) is 33.3. The van der Waals surface area contributed by atoms with Gasteiger partial charge in [0.1, 0.15) is 0 Å². The largest absolute Gasteiger partial charge is 0.676 e. The topological polar surface area (TPSA) is 64.3 Å². The molecule has 0 amide bonds. The molecule has 4 nitrogen and oxygen atoms in total. The Hall–Kier alpha value is 0.502. The van der Waals surface area contributed by atoms with E-state index in [9.17, 15) is 4.79 Å². The van der Waals surface area contributed by atoms with Gasteiger partial charge in [-0.05, 0) is 19.6 Å². The van der Waals surface area contributed by atoms with Crippen molar-refractivity contribution in [1.29, 1.82) is 0 Å². The zero-order valence-electron chi connectivity index (χ0n) is 9.24. The second-order valence-electron chi connectivity index (χ2n) is 2.39. The molecule has 96 valence electrons. The smallest absolute Gasteiger partial charge is 0.0241 e. The van der Waals surface area contributed by atoms with Crippen molar-refractivity contribution in [2.75, 3.05) is 32.8 Å². The van der Waals surface area contributed by atoms with Gasteiger partial charge in [-0.2, -0.15) is 0 Å². The fourth-order valence-electron chi connectivity index (χ4n) is 0.744. The van der Waals surface area contributed by atoms with E-state index >= 15 is 0 Å². The summed E-state index contributed by atoms with van der Waals surface area (Å²) in [6, 6.07) is 0. The summed E-state index contributed by atoms with van der Waals surface area (Å²) in [4.78, 5) is 12.0. The van der Waals surface area contributed by atoms with Crippen molar-refractivity contribution < 1.29 is 28.1 Å². The molecule has 0 aromatic carbocycles. The first-order valence-corrected chi connectivity index (χ1v) is 6.71. The summed E-state index contributed by atoms with van der Waals surface area (Å²) in [5, 5.41) is 7.69. The fraction of sp³-hybridized carbons (Fsp3) is 0.889. The van der Waals surface area contributed by atoms with Crippen LogP contribution in [0.2, 0.25) is 0 Å². The molecule has 6 heteroatoms. The van der Waals surface area contributed by atoms with Gasteiger partial charge < -0.3 is 20.5 Å². The SMILES string of the molecule is CCN(CC)CC[C-]=O.[Cl][Pd+].[NH-]CCO. The molecule has 0 aliphatic heterocycles. The van der Waals surface area contributed by atoms with Gasteiger partial charge in [0.2, 0.25) is 0 Å². The maximum absolute atomic E-state index is 9.79. The first-order valence-electron chi connectivity index (χ1n) is 4.71. The Bertz CT molecular complexity index is 104. The molecule has 0 fully saturated rings. The molecule has 0 aliphatic carbocycles. The molecule has 2 N–H and O–H groups in total. The van der Waals surface area contributed by atoms with E-state index in [1.54, 1.807) is 0 Å². The normalized spacial score (nSPS) is 8.53. The first kappa shape index (κ1) is 20.9. The molecule has 0 saturated carbocycles. The van der Waals surface area contributed by atoms with Crippen molar-refractivity contribution in [2.45, 2.75) is 20.3 Å². The van der Waals surface area contributed by atoms with Crippen LogP contribution in [0.1, 0.15) is 20.3 Å². The van der Waals surface area contributed by atoms with Gasteiger partial charge in [0.25, 0.3) is 0 Å². The average Bonchev–Trinajstić information content (AvgIpc) is 2.33. The minimum Gasteiger partial charge on any atom is -0.676 e. The Labute approximate surface area is 108 Å². The molecule has 0 heterocycles. The molecule has 0 rings (SSSR count). The van der Waals surface area contributed by atoms with Crippen LogP contribution in [0.15, 0.2) is 0 Å². The standard InChI is InChI=1S/C7H14NO.C2H6NO.ClH.Pd/c1-3-8(4-2)6-5-7-9;3-1-2-4;;/h3-6H2,1-2H3;3-4H,1-2H2;1H;/q2*-1;;+2/p-1. The van der Waals surface area contributed by atoms with Gasteiger partial charge in [0.05, 0.1) is 0 Å². The van der Waals surface area contributed by atoms with Gasteiger partial charge in [0.15, 0.2) is 0 Å². The van der Waals surface area contributed by atoms with Crippen LogP contribution in [0.25, 0.3) is 5.73 Å². The van der Waals surface area contributed by atoms with Gasteiger partial charge in [-0.25, -0.2) is 0 Å². The summed E-state index contributed by atoms with van der Waals surface area (Å²) in [6.45, 7) is 7.20. The summed E-state index contributed by atoms with van der Waals surface area (Å²) in [6.07, 6.45) is 2.42. The van der Waals surface area contributed by atoms with Crippen molar-refractivity contribution in [1.82, 2.24) is 4.90 Å². The maximum atomic E-state index is 9.79. The van der Waals surface area contributed by atoms with Crippen molar-refractivity contribution in [3.05, 3.63) is 5.73 Å². The molecule has 0 aromatic heterocycles. The quantitative estimate of drug-likeness (QED) is 0.594. The number of aliphatic hydroxyl groups excluding tert-OH is 1. The average molecular weight is 330 g/mol. The molecule has 0 aliphatic rings. The molecule has 0 saturated heterocycles. The zero-order valence-corrected chi connectivity index (χ0v) is 11.6. The summed E-state index contributed by atoms with van der Waals surface area (Å²) < 4.78 is 0. The number of rotatable bonds is 6. The third-order valence-electron chi connectivity index (χ3n) is 1.54. The monoisotopic (exact) mass is 329 g/mol. The summed E-state index contributed by atoms with van der Waals surface area (Å²) in [7, 11) is 4.49. The summed E-state index contributed by atoms with van der Waals surface area (Å²) in [5.41, 5.74) is 6.20. The minimum atomic E-state index is -0.0139. The molecule has 0 spiro atoms. The minimum absolute atomic E-state index is 0.0139. The molecule has 0 aromatic rings. The maximum Gasteiger partial charge on any atom is 0.0241 e. The molecular formula is C9H20ClN2O2Pd-. The number of hydrogen-bond donors (Lipinski definition) is 1. The van der Waals surface area contributed by atoms with Crippen LogP contribution >= 0.6 is 9.53 Å². The van der Waals surface area contributed by atoms with E-state index in [1.807, 2.05) is 6.29 Å². The van der Waals surface area contributed by atoms with Crippen molar-refractivity contribution >= 4 is 15.8 Å². The number of hydrogen-bond acceptors (Lipinski definition) is 3. The Morgan fingerprint density at radius 3 is 2.00 bits per heavy atom. The number of nitrogens with one attached hydrogen (secondary N) is 1.